The Balaban J connectivity index is 1.67. The van der Waals surface area contributed by atoms with E-state index in [1.54, 1.807) is 6.08 Å². The average Bonchev–Trinajstić information content (AvgIpc) is 3.61. The fourth-order valence-corrected chi connectivity index (χ4v) is 11.7. The second kappa shape index (κ2) is 55.3. The van der Waals surface area contributed by atoms with Crippen LogP contribution in [0.5, 0.6) is 0 Å². The first kappa shape index (κ1) is 78.3. The van der Waals surface area contributed by atoms with Crippen LogP contribution < -0.4 is 5.32 Å². The van der Waals surface area contributed by atoms with Crippen LogP contribution in [-0.2, 0) is 23.7 Å². The molecule has 9 N–H and O–H groups in total. The van der Waals surface area contributed by atoms with Crippen molar-refractivity contribution in [3.63, 3.8) is 0 Å². The van der Waals surface area contributed by atoms with Crippen LogP contribution in [0.2, 0.25) is 0 Å². The predicted octanol–water partition coefficient (Wildman–Crippen LogP) is 14.1. The molecule has 0 aliphatic carbocycles. The van der Waals surface area contributed by atoms with Crippen LogP contribution in [-0.4, -0.2) is 140 Å². The maximum Gasteiger partial charge on any atom is 0.220 e. The molecular weight excluding hydrogens is 1060 g/mol. The first-order chi connectivity index (χ1) is 41.1. The number of hydrogen-bond donors (Lipinski definition) is 9. The number of amides is 1. The molecule has 2 rings (SSSR count). The van der Waals surface area contributed by atoms with Gasteiger partial charge in [-0.2, -0.15) is 0 Å². The number of hydrogen-bond acceptors (Lipinski definition) is 13. The summed E-state index contributed by atoms with van der Waals surface area (Å²) in [5.74, 6) is -0.249. The summed E-state index contributed by atoms with van der Waals surface area (Å²) in [6.45, 7) is 2.82. The largest absolute Gasteiger partial charge is 0.394 e. The summed E-state index contributed by atoms with van der Waals surface area (Å²) >= 11 is 0. The van der Waals surface area contributed by atoms with E-state index in [0.29, 0.717) is 12.8 Å². The van der Waals surface area contributed by atoms with Crippen molar-refractivity contribution in [3.05, 3.63) is 36.5 Å². The molecule has 0 spiro atoms. The van der Waals surface area contributed by atoms with Gasteiger partial charge < -0.3 is 65.1 Å². The Morgan fingerprint density at radius 2 is 0.762 bits per heavy atom. The third-order valence-corrected chi connectivity index (χ3v) is 17.3. The van der Waals surface area contributed by atoms with Crippen molar-refractivity contribution in [1.29, 1.82) is 0 Å². The van der Waals surface area contributed by atoms with Crippen LogP contribution in [0.1, 0.15) is 309 Å². The summed E-state index contributed by atoms with van der Waals surface area (Å²) < 4.78 is 22.8. The van der Waals surface area contributed by atoms with Crippen molar-refractivity contribution in [3.8, 4) is 0 Å². The van der Waals surface area contributed by atoms with Gasteiger partial charge in [-0.15, -0.1) is 0 Å². The number of ether oxygens (including phenoxy) is 4. The van der Waals surface area contributed by atoms with Crippen molar-refractivity contribution in [2.75, 3.05) is 19.8 Å². The van der Waals surface area contributed by atoms with Crippen LogP contribution >= 0.6 is 0 Å². The summed E-state index contributed by atoms with van der Waals surface area (Å²) in [5, 5.41) is 87.3. The maximum absolute atomic E-state index is 13.3. The fourth-order valence-electron chi connectivity index (χ4n) is 11.7. The number of rotatable bonds is 58. The molecule has 12 atom stereocenters. The lowest BCUT2D eigenvalue weighted by atomic mass is 9.97. The van der Waals surface area contributed by atoms with Gasteiger partial charge in [-0.1, -0.05) is 294 Å². The van der Waals surface area contributed by atoms with Crippen LogP contribution in [0.15, 0.2) is 36.5 Å². The molecule has 2 heterocycles. The smallest absolute Gasteiger partial charge is 0.220 e. The number of unbranched alkanes of at least 4 members (excludes halogenated alkanes) is 41. The van der Waals surface area contributed by atoms with Gasteiger partial charge in [0.1, 0.15) is 48.8 Å². The van der Waals surface area contributed by atoms with E-state index >= 15 is 0 Å². The molecule has 2 fully saturated rings. The highest BCUT2D eigenvalue weighted by Gasteiger charge is 2.51. The lowest BCUT2D eigenvalue weighted by Gasteiger charge is -2.46. The molecule has 0 aromatic rings. The van der Waals surface area contributed by atoms with Gasteiger partial charge in [0.05, 0.1) is 32.0 Å². The highest BCUT2D eigenvalue weighted by atomic mass is 16.7. The van der Waals surface area contributed by atoms with Gasteiger partial charge in [0.25, 0.3) is 0 Å². The number of aliphatic hydroxyl groups is 8. The van der Waals surface area contributed by atoms with Crippen molar-refractivity contribution >= 4 is 5.91 Å². The van der Waals surface area contributed by atoms with Gasteiger partial charge in [0.2, 0.25) is 5.91 Å². The molecule has 0 saturated carbocycles. The number of allylic oxidation sites excluding steroid dienone is 5. The molecular formula is C70H131NO13. The average molecular weight is 1190 g/mol. The highest BCUT2D eigenvalue weighted by molar-refractivity contribution is 5.76. The van der Waals surface area contributed by atoms with Gasteiger partial charge in [0, 0.05) is 6.42 Å². The lowest BCUT2D eigenvalue weighted by molar-refractivity contribution is -0.359. The Kier molecular flexibility index (Phi) is 51.5. The molecule has 0 radical (unpaired) electrons. The van der Waals surface area contributed by atoms with Gasteiger partial charge in [-0.05, 0) is 44.9 Å². The van der Waals surface area contributed by atoms with E-state index in [-0.39, 0.29) is 18.9 Å². The molecule has 2 saturated heterocycles. The molecule has 1 amide bonds. The summed E-state index contributed by atoms with van der Waals surface area (Å²) in [6, 6.07) is -0.936. The molecule has 14 nitrogen and oxygen atoms in total. The Morgan fingerprint density at radius 3 is 1.17 bits per heavy atom. The second-order valence-corrected chi connectivity index (χ2v) is 25.0. The number of carbonyl (C=O) groups excluding carboxylic acids is 1. The first-order valence-corrected chi connectivity index (χ1v) is 35.2. The Morgan fingerprint density at radius 1 is 0.417 bits per heavy atom. The van der Waals surface area contributed by atoms with Crippen molar-refractivity contribution in [2.24, 2.45) is 0 Å². The van der Waals surface area contributed by atoms with Crippen molar-refractivity contribution < 1.29 is 64.6 Å². The monoisotopic (exact) mass is 1190 g/mol. The zero-order valence-electron chi connectivity index (χ0n) is 53.7. The van der Waals surface area contributed by atoms with E-state index in [0.717, 1.165) is 44.9 Å². The minimum Gasteiger partial charge on any atom is -0.394 e. The van der Waals surface area contributed by atoms with E-state index in [1.807, 2.05) is 6.08 Å². The van der Waals surface area contributed by atoms with E-state index in [9.17, 15) is 45.6 Å². The summed E-state index contributed by atoms with van der Waals surface area (Å²) in [4.78, 5) is 13.3. The molecule has 2 aliphatic rings. The van der Waals surface area contributed by atoms with E-state index in [4.69, 9.17) is 18.9 Å². The third-order valence-electron chi connectivity index (χ3n) is 17.3. The fraction of sp³-hybridized carbons (Fsp3) is 0.900. The maximum atomic E-state index is 13.3. The van der Waals surface area contributed by atoms with Gasteiger partial charge in [-0.25, -0.2) is 0 Å². The van der Waals surface area contributed by atoms with Crippen molar-refractivity contribution in [2.45, 2.75) is 383 Å². The number of carbonyl (C=O) groups is 1. The van der Waals surface area contributed by atoms with Crippen LogP contribution in [0.4, 0.5) is 0 Å². The topological polar surface area (TPSA) is 228 Å². The van der Waals surface area contributed by atoms with E-state index in [1.165, 1.54) is 231 Å². The third kappa shape index (κ3) is 39.3. The minimum absolute atomic E-state index is 0.249. The zero-order chi connectivity index (χ0) is 60.9. The summed E-state index contributed by atoms with van der Waals surface area (Å²) in [7, 11) is 0. The Bertz CT molecular complexity index is 1550. The molecule has 2 aliphatic heterocycles. The van der Waals surface area contributed by atoms with Crippen LogP contribution in [0.3, 0.4) is 0 Å². The quantitative estimate of drug-likeness (QED) is 0.0204. The molecule has 0 aromatic heterocycles. The molecule has 84 heavy (non-hydrogen) atoms. The zero-order valence-corrected chi connectivity index (χ0v) is 53.7. The summed E-state index contributed by atoms with van der Waals surface area (Å²) in [5.41, 5.74) is 0. The molecule has 0 bridgehead atoms. The normalized spacial score (nSPS) is 23.8. The Hall–Kier alpha value is -1.79. The lowest BCUT2D eigenvalue weighted by Crippen LogP contribution is -2.65. The van der Waals surface area contributed by atoms with E-state index < -0.39 is 86.8 Å². The standard InChI is InChI=1S/C70H131NO13/c1-3-5-7-9-11-13-15-17-19-21-22-23-24-25-26-27-28-29-30-31-32-33-34-35-36-38-39-41-43-45-47-49-51-53-59(74)58(71-62(75)54-52-50-48-46-44-42-40-37-20-18-16-14-12-10-8-6-4-2)57-81-69-67(80)65(78)68(61(56-73)83-69)84-70-66(79)64(77)63(76)60(55-72)82-70/h36,38,43,45,51,53,58-61,63-70,72-74,76-80H,3-35,37,39-42,44,46-50,52,54-57H2,1-2H3,(H,71,75)/b38-36+,45-43+,53-51+. The molecule has 12 unspecified atom stereocenters. The highest BCUT2D eigenvalue weighted by Crippen LogP contribution is 2.30. The van der Waals surface area contributed by atoms with Gasteiger partial charge in [0.15, 0.2) is 12.6 Å². The predicted molar refractivity (Wildman–Crippen MR) is 341 cm³/mol. The van der Waals surface area contributed by atoms with Gasteiger partial charge in [-0.3, -0.25) is 4.79 Å². The minimum atomic E-state index is -1.79. The SMILES string of the molecule is CCCCCCCCCCCCCCCCCCCCCCCCC/C=C/CC/C=C/CC/C=C/C(O)C(COC1OC(CO)C(OC2OC(CO)C(O)C(O)C2O)C(O)C1O)NC(=O)CCCCCCCCCCCCCCCCCCC. The van der Waals surface area contributed by atoms with Crippen LogP contribution in [0, 0.1) is 0 Å². The van der Waals surface area contributed by atoms with Gasteiger partial charge >= 0.3 is 0 Å². The number of aliphatic hydroxyl groups excluding tert-OH is 8. The Labute approximate surface area is 512 Å². The molecule has 0 aromatic carbocycles. The van der Waals surface area contributed by atoms with Crippen molar-refractivity contribution in [1.82, 2.24) is 5.32 Å². The molecule has 14 heteroatoms. The number of nitrogens with one attached hydrogen (secondary N) is 1. The van der Waals surface area contributed by atoms with Crippen LogP contribution in [0.25, 0.3) is 0 Å². The van der Waals surface area contributed by atoms with E-state index in [2.05, 4.69) is 43.5 Å². The second-order valence-electron chi connectivity index (χ2n) is 25.0. The molecule has 494 valence electrons. The summed E-state index contributed by atoms with van der Waals surface area (Å²) in [6.07, 6.45) is 53.6. The first-order valence-electron chi connectivity index (χ1n) is 35.2.